The topological polar surface area (TPSA) is 76.4 Å². The lowest BCUT2D eigenvalue weighted by Gasteiger charge is -2.17. The summed E-state index contributed by atoms with van der Waals surface area (Å²) in [6, 6.07) is 14.5. The molecule has 1 N–H and O–H groups in total. The SMILES string of the molecule is O=S(=O)(Nc1cccc(-c2cn3cccnc3n2)c1)c1ccc2c(c1)CCCC2. The fourth-order valence-electron chi connectivity index (χ4n) is 3.80. The van der Waals surface area contributed by atoms with Crippen molar-refractivity contribution >= 4 is 21.5 Å². The predicted molar refractivity (Wildman–Crippen MR) is 112 cm³/mol. The minimum Gasteiger partial charge on any atom is -0.291 e. The third kappa shape index (κ3) is 3.49. The van der Waals surface area contributed by atoms with Gasteiger partial charge in [-0.15, -0.1) is 0 Å². The van der Waals surface area contributed by atoms with Crippen LogP contribution in [0.3, 0.4) is 0 Å². The van der Waals surface area contributed by atoms with Gasteiger partial charge in [0.2, 0.25) is 5.78 Å². The van der Waals surface area contributed by atoms with Gasteiger partial charge in [-0.2, -0.15) is 0 Å². The number of sulfonamides is 1. The van der Waals surface area contributed by atoms with Crippen LogP contribution in [-0.2, 0) is 22.9 Å². The Morgan fingerprint density at radius 1 is 0.966 bits per heavy atom. The molecule has 2 aromatic heterocycles. The molecule has 0 bridgehead atoms. The number of hydrogen-bond donors (Lipinski definition) is 1. The highest BCUT2D eigenvalue weighted by Crippen LogP contribution is 2.27. The number of aromatic nitrogens is 3. The minimum absolute atomic E-state index is 0.306. The van der Waals surface area contributed by atoms with Gasteiger partial charge < -0.3 is 0 Å². The third-order valence-corrected chi connectivity index (χ3v) is 6.66. The first-order chi connectivity index (χ1) is 14.1. The van der Waals surface area contributed by atoms with Gasteiger partial charge in [-0.25, -0.2) is 18.4 Å². The molecule has 0 amide bonds. The normalized spacial score (nSPS) is 13.9. The lowest BCUT2D eigenvalue weighted by atomic mass is 9.92. The van der Waals surface area contributed by atoms with Crippen LogP contribution in [0.15, 0.2) is 72.0 Å². The highest BCUT2D eigenvalue weighted by atomic mass is 32.2. The van der Waals surface area contributed by atoms with Crippen molar-refractivity contribution in [1.29, 1.82) is 0 Å². The maximum Gasteiger partial charge on any atom is 0.261 e. The van der Waals surface area contributed by atoms with Gasteiger partial charge >= 0.3 is 0 Å². The zero-order valence-corrected chi connectivity index (χ0v) is 16.6. The number of fused-ring (bicyclic) bond motifs is 2. The van der Waals surface area contributed by atoms with Crippen LogP contribution in [0.5, 0.6) is 0 Å². The first kappa shape index (κ1) is 17.9. The van der Waals surface area contributed by atoms with E-state index in [0.717, 1.165) is 36.1 Å². The molecule has 0 saturated heterocycles. The maximum atomic E-state index is 12.9. The fourth-order valence-corrected chi connectivity index (χ4v) is 4.90. The molecule has 0 radical (unpaired) electrons. The van der Waals surface area contributed by atoms with Gasteiger partial charge in [0.15, 0.2) is 0 Å². The van der Waals surface area contributed by atoms with Crippen LogP contribution in [0.25, 0.3) is 17.0 Å². The maximum absolute atomic E-state index is 12.9. The van der Waals surface area contributed by atoms with Gasteiger partial charge in [0, 0.05) is 29.8 Å². The standard InChI is InChI=1S/C22H20N4O2S/c27-29(28,20-10-9-16-5-1-2-6-17(16)14-20)25-19-8-3-7-18(13-19)21-15-26-12-4-11-23-22(26)24-21/h3-4,7-15,25H,1-2,5-6H2. The van der Waals surface area contributed by atoms with E-state index < -0.39 is 10.0 Å². The van der Waals surface area contributed by atoms with E-state index in [0.29, 0.717) is 16.4 Å². The Hall–Kier alpha value is -3.19. The average molecular weight is 404 g/mol. The molecule has 0 spiro atoms. The Morgan fingerprint density at radius 2 is 1.83 bits per heavy atom. The molecule has 0 aliphatic heterocycles. The summed E-state index contributed by atoms with van der Waals surface area (Å²) >= 11 is 0. The van der Waals surface area contributed by atoms with Crippen molar-refractivity contribution in [3.05, 3.63) is 78.2 Å². The Bertz CT molecular complexity index is 1280. The summed E-state index contributed by atoms with van der Waals surface area (Å²) in [5, 5.41) is 0. The van der Waals surface area contributed by atoms with Gasteiger partial charge in [0.25, 0.3) is 10.0 Å². The van der Waals surface area contributed by atoms with Crippen LogP contribution in [0.1, 0.15) is 24.0 Å². The highest BCUT2D eigenvalue weighted by Gasteiger charge is 2.18. The molecular weight excluding hydrogens is 384 g/mol. The van der Waals surface area contributed by atoms with E-state index in [1.54, 1.807) is 24.4 Å². The Labute approximate surface area is 169 Å². The third-order valence-electron chi connectivity index (χ3n) is 5.28. The summed E-state index contributed by atoms with van der Waals surface area (Å²) in [7, 11) is -3.66. The molecule has 0 unspecified atom stereocenters. The number of aryl methyl sites for hydroxylation is 2. The van der Waals surface area contributed by atoms with Gasteiger partial charge in [0.05, 0.1) is 10.6 Å². The van der Waals surface area contributed by atoms with Crippen LogP contribution < -0.4 is 4.72 Å². The number of imidazole rings is 1. The van der Waals surface area contributed by atoms with E-state index in [-0.39, 0.29) is 0 Å². The minimum atomic E-state index is -3.66. The quantitative estimate of drug-likeness (QED) is 0.556. The van der Waals surface area contributed by atoms with Crippen LogP contribution >= 0.6 is 0 Å². The molecule has 4 aromatic rings. The smallest absolute Gasteiger partial charge is 0.261 e. The predicted octanol–water partition coefficient (Wildman–Crippen LogP) is 4.08. The van der Waals surface area contributed by atoms with Gasteiger partial charge in [0.1, 0.15) is 0 Å². The van der Waals surface area contributed by atoms with E-state index in [9.17, 15) is 8.42 Å². The molecule has 2 aromatic carbocycles. The van der Waals surface area contributed by atoms with Crippen molar-refractivity contribution in [2.45, 2.75) is 30.6 Å². The number of rotatable bonds is 4. The summed E-state index contributed by atoms with van der Waals surface area (Å²) in [5.74, 6) is 0.600. The Balaban J connectivity index is 1.45. The first-order valence-corrected chi connectivity index (χ1v) is 11.1. The highest BCUT2D eigenvalue weighted by molar-refractivity contribution is 7.92. The van der Waals surface area contributed by atoms with E-state index in [1.165, 1.54) is 12.0 Å². The molecule has 0 saturated carbocycles. The lowest BCUT2D eigenvalue weighted by molar-refractivity contribution is 0.600. The zero-order valence-electron chi connectivity index (χ0n) is 15.7. The molecule has 6 nitrogen and oxygen atoms in total. The summed E-state index contributed by atoms with van der Waals surface area (Å²) < 4.78 is 30.4. The molecule has 29 heavy (non-hydrogen) atoms. The summed E-state index contributed by atoms with van der Waals surface area (Å²) in [6.45, 7) is 0. The number of hydrogen-bond acceptors (Lipinski definition) is 4. The van der Waals surface area contributed by atoms with E-state index >= 15 is 0 Å². The number of nitrogens with zero attached hydrogens (tertiary/aromatic N) is 3. The fraction of sp³-hybridized carbons (Fsp3) is 0.182. The van der Waals surface area contributed by atoms with Crippen LogP contribution in [0.2, 0.25) is 0 Å². The molecule has 2 heterocycles. The molecule has 7 heteroatoms. The average Bonchev–Trinajstić information content (AvgIpc) is 3.18. The Kier molecular flexibility index (Phi) is 4.32. The molecule has 0 fully saturated rings. The summed E-state index contributed by atoms with van der Waals surface area (Å²) in [4.78, 5) is 9.03. The van der Waals surface area contributed by atoms with Crippen LogP contribution in [0.4, 0.5) is 5.69 Å². The molecule has 0 atom stereocenters. The van der Waals surface area contributed by atoms with Crippen molar-refractivity contribution in [2.24, 2.45) is 0 Å². The van der Waals surface area contributed by atoms with Gasteiger partial charge in [-0.3, -0.25) is 9.12 Å². The van der Waals surface area contributed by atoms with E-state index in [4.69, 9.17) is 0 Å². The number of benzene rings is 2. The summed E-state index contributed by atoms with van der Waals surface area (Å²) in [5.41, 5.74) is 4.47. The van der Waals surface area contributed by atoms with Crippen molar-refractivity contribution in [3.63, 3.8) is 0 Å². The van der Waals surface area contributed by atoms with Crippen molar-refractivity contribution in [3.8, 4) is 11.3 Å². The van der Waals surface area contributed by atoms with Crippen molar-refractivity contribution in [1.82, 2.24) is 14.4 Å². The second kappa shape index (κ2) is 7.00. The number of anilines is 1. The Morgan fingerprint density at radius 3 is 2.69 bits per heavy atom. The molecule has 5 rings (SSSR count). The van der Waals surface area contributed by atoms with Crippen LogP contribution in [0, 0.1) is 0 Å². The first-order valence-electron chi connectivity index (χ1n) is 9.63. The molecule has 1 aliphatic rings. The summed E-state index contributed by atoms with van der Waals surface area (Å²) in [6.07, 6.45) is 9.69. The molecule has 146 valence electrons. The second-order valence-electron chi connectivity index (χ2n) is 7.28. The zero-order chi connectivity index (χ0) is 19.8. The van der Waals surface area contributed by atoms with Crippen molar-refractivity contribution in [2.75, 3.05) is 4.72 Å². The largest absolute Gasteiger partial charge is 0.291 e. The monoisotopic (exact) mass is 404 g/mol. The molecule has 1 aliphatic carbocycles. The van der Waals surface area contributed by atoms with E-state index in [1.807, 2.05) is 47.1 Å². The molecular formula is C22H20N4O2S. The van der Waals surface area contributed by atoms with E-state index in [2.05, 4.69) is 14.7 Å². The lowest BCUT2D eigenvalue weighted by Crippen LogP contribution is -2.14. The van der Waals surface area contributed by atoms with Gasteiger partial charge in [-0.1, -0.05) is 18.2 Å². The number of nitrogens with one attached hydrogen (secondary N) is 1. The van der Waals surface area contributed by atoms with Gasteiger partial charge in [-0.05, 0) is 67.1 Å². The van der Waals surface area contributed by atoms with Crippen LogP contribution in [-0.4, -0.2) is 22.8 Å². The van der Waals surface area contributed by atoms with Crippen molar-refractivity contribution < 1.29 is 8.42 Å². The second-order valence-corrected chi connectivity index (χ2v) is 8.96.